The van der Waals surface area contributed by atoms with E-state index in [2.05, 4.69) is 25.7 Å². The number of carbonyl (C=O) groups excluding carboxylic acids is 2. The Morgan fingerprint density at radius 3 is 2.52 bits per heavy atom. The van der Waals surface area contributed by atoms with Gasteiger partial charge in [-0.05, 0) is 30.7 Å². The van der Waals surface area contributed by atoms with Crippen molar-refractivity contribution in [3.63, 3.8) is 0 Å². The average Bonchev–Trinajstić information content (AvgIpc) is 3.13. The van der Waals surface area contributed by atoms with E-state index in [1.807, 2.05) is 25.1 Å². The highest BCUT2D eigenvalue weighted by atomic mass is 16.2. The van der Waals surface area contributed by atoms with E-state index in [1.54, 1.807) is 35.3 Å². The molecule has 3 aromatic rings. The van der Waals surface area contributed by atoms with Crippen LogP contribution in [-0.4, -0.2) is 38.1 Å². The first-order valence-corrected chi connectivity index (χ1v) is 8.66. The molecule has 8 heteroatoms. The van der Waals surface area contributed by atoms with E-state index in [0.717, 1.165) is 5.69 Å². The number of nitrogens with one attached hydrogen (secondary N) is 2. The maximum atomic E-state index is 12.5. The standard InChI is InChI=1S/C19H20N6O2/c1-2-15-14(13-23-25(15)17-8-4-6-11-21-17)19(27)22-12-9-18(26)24-16-7-3-5-10-20-16/h3-8,10-11,13H,2,9,12H2,1H3,(H,22,27)(H,20,24,26). The quantitative estimate of drug-likeness (QED) is 0.667. The molecule has 138 valence electrons. The van der Waals surface area contributed by atoms with Crippen LogP contribution in [0.2, 0.25) is 0 Å². The Bertz CT molecular complexity index is 908. The number of pyridine rings is 2. The number of amides is 2. The molecule has 27 heavy (non-hydrogen) atoms. The fourth-order valence-corrected chi connectivity index (χ4v) is 2.61. The normalized spacial score (nSPS) is 10.4. The first kappa shape index (κ1) is 18.2. The molecule has 0 saturated heterocycles. The van der Waals surface area contributed by atoms with Crippen LogP contribution in [-0.2, 0) is 11.2 Å². The molecule has 8 nitrogen and oxygen atoms in total. The van der Waals surface area contributed by atoms with Crippen LogP contribution in [0.15, 0.2) is 55.0 Å². The summed E-state index contributed by atoms with van der Waals surface area (Å²) < 4.78 is 1.66. The second-order valence-corrected chi connectivity index (χ2v) is 5.73. The predicted octanol–water partition coefficient (Wildman–Crippen LogP) is 1.98. The van der Waals surface area contributed by atoms with Crippen molar-refractivity contribution in [1.82, 2.24) is 25.1 Å². The van der Waals surface area contributed by atoms with Gasteiger partial charge in [0, 0.05) is 25.4 Å². The van der Waals surface area contributed by atoms with Gasteiger partial charge in [-0.3, -0.25) is 9.59 Å². The summed E-state index contributed by atoms with van der Waals surface area (Å²) in [7, 11) is 0. The maximum absolute atomic E-state index is 12.5. The van der Waals surface area contributed by atoms with Crippen LogP contribution in [0.4, 0.5) is 5.82 Å². The number of hydrogen-bond acceptors (Lipinski definition) is 5. The van der Waals surface area contributed by atoms with Gasteiger partial charge >= 0.3 is 0 Å². The Labute approximate surface area is 156 Å². The van der Waals surface area contributed by atoms with Crippen molar-refractivity contribution in [2.75, 3.05) is 11.9 Å². The number of hydrogen-bond donors (Lipinski definition) is 2. The topological polar surface area (TPSA) is 102 Å². The molecule has 2 amide bonds. The zero-order valence-corrected chi connectivity index (χ0v) is 14.9. The summed E-state index contributed by atoms with van der Waals surface area (Å²) in [4.78, 5) is 32.7. The molecular weight excluding hydrogens is 344 g/mol. The molecule has 3 heterocycles. The molecule has 3 rings (SSSR count). The van der Waals surface area contributed by atoms with E-state index in [-0.39, 0.29) is 24.8 Å². The Kier molecular flexibility index (Phi) is 5.88. The minimum Gasteiger partial charge on any atom is -0.351 e. The molecule has 0 aliphatic rings. The van der Waals surface area contributed by atoms with E-state index in [0.29, 0.717) is 23.6 Å². The third kappa shape index (κ3) is 4.55. The second-order valence-electron chi connectivity index (χ2n) is 5.73. The highest BCUT2D eigenvalue weighted by molar-refractivity contribution is 5.96. The lowest BCUT2D eigenvalue weighted by Crippen LogP contribution is -2.28. The number of carbonyl (C=O) groups is 2. The summed E-state index contributed by atoms with van der Waals surface area (Å²) in [6, 6.07) is 10.8. The summed E-state index contributed by atoms with van der Waals surface area (Å²) in [6.07, 6.45) is 5.58. The van der Waals surface area contributed by atoms with E-state index in [9.17, 15) is 9.59 Å². The highest BCUT2D eigenvalue weighted by Crippen LogP contribution is 2.14. The van der Waals surface area contributed by atoms with Crippen LogP contribution in [0, 0.1) is 0 Å². The Hall–Kier alpha value is -3.55. The van der Waals surface area contributed by atoms with Gasteiger partial charge in [0.2, 0.25) is 5.91 Å². The van der Waals surface area contributed by atoms with Crippen LogP contribution >= 0.6 is 0 Å². The van der Waals surface area contributed by atoms with Crippen molar-refractivity contribution < 1.29 is 9.59 Å². The molecule has 0 radical (unpaired) electrons. The van der Waals surface area contributed by atoms with E-state index >= 15 is 0 Å². The molecule has 0 atom stereocenters. The molecular formula is C19H20N6O2. The largest absolute Gasteiger partial charge is 0.351 e. The zero-order valence-electron chi connectivity index (χ0n) is 14.9. The van der Waals surface area contributed by atoms with E-state index < -0.39 is 0 Å². The summed E-state index contributed by atoms with van der Waals surface area (Å²) in [5.41, 5.74) is 1.25. The second kappa shape index (κ2) is 8.70. The van der Waals surface area contributed by atoms with Crippen LogP contribution < -0.4 is 10.6 Å². The van der Waals surface area contributed by atoms with Gasteiger partial charge in [-0.15, -0.1) is 0 Å². The Morgan fingerprint density at radius 2 is 1.85 bits per heavy atom. The average molecular weight is 364 g/mol. The van der Waals surface area contributed by atoms with Crippen LogP contribution in [0.5, 0.6) is 0 Å². The van der Waals surface area contributed by atoms with Gasteiger partial charge in [0.05, 0.1) is 17.5 Å². The third-order valence-electron chi connectivity index (χ3n) is 3.88. The number of anilines is 1. The molecule has 0 fully saturated rings. The Morgan fingerprint density at radius 1 is 1.07 bits per heavy atom. The summed E-state index contributed by atoms with van der Waals surface area (Å²) in [5.74, 6) is 0.662. The summed E-state index contributed by atoms with van der Waals surface area (Å²) in [5, 5.41) is 9.72. The monoisotopic (exact) mass is 364 g/mol. The molecule has 0 bridgehead atoms. The van der Waals surface area contributed by atoms with Gasteiger partial charge in [0.1, 0.15) is 5.82 Å². The molecule has 0 aliphatic heterocycles. The van der Waals surface area contributed by atoms with Crippen molar-refractivity contribution in [3.05, 3.63) is 66.2 Å². The minimum absolute atomic E-state index is 0.151. The van der Waals surface area contributed by atoms with Gasteiger partial charge in [-0.1, -0.05) is 19.1 Å². The maximum Gasteiger partial charge on any atom is 0.254 e. The first-order valence-electron chi connectivity index (χ1n) is 8.66. The smallest absolute Gasteiger partial charge is 0.254 e. The molecule has 0 aliphatic carbocycles. The van der Waals surface area contributed by atoms with Crippen molar-refractivity contribution >= 4 is 17.6 Å². The SMILES string of the molecule is CCc1c(C(=O)NCCC(=O)Nc2ccccn2)cnn1-c1ccccn1. The predicted molar refractivity (Wildman–Crippen MR) is 101 cm³/mol. The lowest BCUT2D eigenvalue weighted by Gasteiger charge is -2.08. The molecule has 0 saturated carbocycles. The number of rotatable bonds is 7. The van der Waals surface area contributed by atoms with Gasteiger partial charge in [0.15, 0.2) is 5.82 Å². The molecule has 2 N–H and O–H groups in total. The van der Waals surface area contributed by atoms with Crippen molar-refractivity contribution in [2.24, 2.45) is 0 Å². The van der Waals surface area contributed by atoms with Crippen molar-refractivity contribution in [3.8, 4) is 5.82 Å². The molecule has 3 aromatic heterocycles. The van der Waals surface area contributed by atoms with Crippen LogP contribution in [0.1, 0.15) is 29.4 Å². The van der Waals surface area contributed by atoms with E-state index in [4.69, 9.17) is 0 Å². The molecule has 0 spiro atoms. The fraction of sp³-hybridized carbons (Fsp3) is 0.211. The third-order valence-corrected chi connectivity index (χ3v) is 3.88. The van der Waals surface area contributed by atoms with Gasteiger partial charge in [0.25, 0.3) is 5.91 Å². The minimum atomic E-state index is -0.264. The Balaban J connectivity index is 1.58. The summed E-state index contributed by atoms with van der Waals surface area (Å²) in [6.45, 7) is 2.17. The van der Waals surface area contributed by atoms with Crippen LogP contribution in [0.3, 0.4) is 0 Å². The fourth-order valence-electron chi connectivity index (χ4n) is 2.61. The van der Waals surface area contributed by atoms with Crippen LogP contribution in [0.25, 0.3) is 5.82 Å². The van der Waals surface area contributed by atoms with Crippen molar-refractivity contribution in [1.29, 1.82) is 0 Å². The lowest BCUT2D eigenvalue weighted by atomic mass is 10.2. The molecule has 0 unspecified atom stereocenters. The van der Waals surface area contributed by atoms with Gasteiger partial charge < -0.3 is 10.6 Å². The first-order chi connectivity index (χ1) is 13.2. The van der Waals surface area contributed by atoms with Gasteiger partial charge in [-0.2, -0.15) is 5.10 Å². The lowest BCUT2D eigenvalue weighted by molar-refractivity contribution is -0.116. The summed E-state index contributed by atoms with van der Waals surface area (Å²) >= 11 is 0. The number of nitrogens with zero attached hydrogens (tertiary/aromatic N) is 4. The molecule has 0 aromatic carbocycles. The van der Waals surface area contributed by atoms with Crippen molar-refractivity contribution in [2.45, 2.75) is 19.8 Å². The highest BCUT2D eigenvalue weighted by Gasteiger charge is 2.17. The van der Waals surface area contributed by atoms with E-state index in [1.165, 1.54) is 6.20 Å². The van der Waals surface area contributed by atoms with Gasteiger partial charge in [-0.25, -0.2) is 14.6 Å². The zero-order chi connectivity index (χ0) is 19.1. The number of aromatic nitrogens is 4.